The molecule has 2 heterocycles. The van der Waals surface area contributed by atoms with Gasteiger partial charge in [0.2, 0.25) is 5.13 Å². The molecule has 1 fully saturated rings. The van der Waals surface area contributed by atoms with Crippen molar-refractivity contribution < 1.29 is 19.4 Å². The zero-order chi connectivity index (χ0) is 23.5. The molecule has 1 aliphatic heterocycles. The molecule has 1 aromatic heterocycles. The number of benzene rings is 2. The van der Waals surface area contributed by atoms with Crippen molar-refractivity contribution in [2.75, 3.05) is 11.5 Å². The number of ether oxygens (including phenoxy) is 1. The van der Waals surface area contributed by atoms with Crippen molar-refractivity contribution in [1.29, 1.82) is 0 Å². The Kier molecular flexibility index (Phi) is 6.76. The molecule has 1 N–H and O–H groups in total. The first kappa shape index (κ1) is 22.9. The molecule has 2 aromatic carbocycles. The minimum Gasteiger partial charge on any atom is -0.507 e. The number of nitrogens with zero attached hydrogens (tertiary/aromatic N) is 3. The van der Waals surface area contributed by atoms with E-state index in [2.05, 4.69) is 17.1 Å². The third kappa shape index (κ3) is 4.62. The summed E-state index contributed by atoms with van der Waals surface area (Å²) in [5.74, 6) is -1.19. The molecule has 0 unspecified atom stereocenters. The molecule has 0 bridgehead atoms. The van der Waals surface area contributed by atoms with Crippen LogP contribution in [0.3, 0.4) is 0 Å². The molecular formula is C24H22ClN3O4S. The fourth-order valence-electron chi connectivity index (χ4n) is 3.60. The molecule has 0 spiro atoms. The van der Waals surface area contributed by atoms with Gasteiger partial charge in [0.05, 0.1) is 18.2 Å². The lowest BCUT2D eigenvalue weighted by atomic mass is 9.95. The Hall–Kier alpha value is -3.23. The highest BCUT2D eigenvalue weighted by Gasteiger charge is 2.48. The Bertz CT molecular complexity index is 1220. The SMILES string of the molecule is CCCCOc1ccc(C(O)=C2C(=O)C(=O)N(c3nnc(C)s3)[C@H]2c2cccc(Cl)c2)cc1. The first-order valence-corrected chi connectivity index (χ1v) is 11.7. The molecule has 1 saturated heterocycles. The number of halogens is 1. The van der Waals surface area contributed by atoms with Crippen LogP contribution in [0.25, 0.3) is 5.76 Å². The molecular weight excluding hydrogens is 462 g/mol. The summed E-state index contributed by atoms with van der Waals surface area (Å²) in [5, 5.41) is 20.6. The lowest BCUT2D eigenvalue weighted by molar-refractivity contribution is -0.132. The molecule has 3 aromatic rings. The smallest absolute Gasteiger partial charge is 0.301 e. The van der Waals surface area contributed by atoms with Gasteiger partial charge in [0, 0.05) is 10.6 Å². The third-order valence-corrected chi connectivity index (χ3v) is 6.30. The monoisotopic (exact) mass is 483 g/mol. The van der Waals surface area contributed by atoms with Gasteiger partial charge in [-0.05, 0) is 55.3 Å². The quantitative estimate of drug-likeness (QED) is 0.212. The highest BCUT2D eigenvalue weighted by Crippen LogP contribution is 2.43. The largest absolute Gasteiger partial charge is 0.507 e. The summed E-state index contributed by atoms with van der Waals surface area (Å²) < 4.78 is 5.67. The predicted molar refractivity (Wildman–Crippen MR) is 128 cm³/mol. The normalized spacial score (nSPS) is 17.5. The Morgan fingerprint density at radius 3 is 2.58 bits per heavy atom. The number of unbranched alkanes of at least 4 members (excludes halogenated alkanes) is 1. The number of aliphatic hydroxyl groups is 1. The fraction of sp³-hybridized carbons (Fsp3) is 0.250. The standard InChI is InChI=1S/C24H22ClN3O4S/c1-3-4-12-32-18-10-8-15(9-11-18)21(29)19-20(16-6-5-7-17(25)13-16)28(23(31)22(19)30)24-27-26-14(2)33-24/h5-11,13,20,29H,3-4,12H2,1-2H3/t20-/m0/s1. The molecule has 33 heavy (non-hydrogen) atoms. The van der Waals surface area contributed by atoms with Gasteiger partial charge in [0.15, 0.2) is 0 Å². The van der Waals surface area contributed by atoms with E-state index in [0.29, 0.717) is 33.5 Å². The second-order valence-corrected chi connectivity index (χ2v) is 9.15. The van der Waals surface area contributed by atoms with Gasteiger partial charge >= 0.3 is 5.91 Å². The number of hydrogen-bond donors (Lipinski definition) is 1. The van der Waals surface area contributed by atoms with E-state index >= 15 is 0 Å². The summed E-state index contributed by atoms with van der Waals surface area (Å²) >= 11 is 7.39. The average Bonchev–Trinajstić information content (AvgIpc) is 3.34. The molecule has 7 nitrogen and oxygen atoms in total. The first-order valence-electron chi connectivity index (χ1n) is 10.5. The van der Waals surface area contributed by atoms with E-state index in [4.69, 9.17) is 16.3 Å². The van der Waals surface area contributed by atoms with E-state index in [-0.39, 0.29) is 16.5 Å². The maximum absolute atomic E-state index is 13.1. The number of Topliss-reactive ketones (excluding diaryl/α,β-unsaturated/α-hetero) is 1. The summed E-state index contributed by atoms with van der Waals surface area (Å²) in [4.78, 5) is 27.4. The summed E-state index contributed by atoms with van der Waals surface area (Å²) in [6, 6.07) is 12.7. The van der Waals surface area contributed by atoms with Crippen LogP contribution in [0.15, 0.2) is 54.1 Å². The molecule has 9 heteroatoms. The second kappa shape index (κ2) is 9.72. The molecule has 0 saturated carbocycles. The first-order chi connectivity index (χ1) is 15.9. The van der Waals surface area contributed by atoms with Crippen LogP contribution in [0, 0.1) is 6.92 Å². The van der Waals surface area contributed by atoms with E-state index in [1.54, 1.807) is 55.5 Å². The minimum absolute atomic E-state index is 0.0326. The second-order valence-electron chi connectivity index (χ2n) is 7.55. The Morgan fingerprint density at radius 1 is 1.18 bits per heavy atom. The highest BCUT2D eigenvalue weighted by atomic mass is 35.5. The Morgan fingerprint density at radius 2 is 1.94 bits per heavy atom. The van der Waals surface area contributed by atoms with E-state index in [1.165, 1.54) is 16.2 Å². The van der Waals surface area contributed by atoms with E-state index in [0.717, 1.165) is 12.8 Å². The molecule has 1 aliphatic rings. The van der Waals surface area contributed by atoms with E-state index < -0.39 is 17.7 Å². The zero-order valence-corrected chi connectivity index (χ0v) is 19.7. The number of carbonyl (C=O) groups is 2. The average molecular weight is 484 g/mol. The van der Waals surface area contributed by atoms with E-state index in [9.17, 15) is 14.7 Å². The predicted octanol–water partition coefficient (Wildman–Crippen LogP) is 5.31. The number of aryl methyl sites for hydroxylation is 1. The van der Waals surface area contributed by atoms with Crippen LogP contribution in [-0.2, 0) is 9.59 Å². The number of hydrogen-bond acceptors (Lipinski definition) is 7. The lowest BCUT2D eigenvalue weighted by Gasteiger charge is -2.22. The molecule has 1 amide bonds. The maximum Gasteiger partial charge on any atom is 0.301 e. The molecule has 0 aliphatic carbocycles. The Balaban J connectivity index is 1.79. The summed E-state index contributed by atoms with van der Waals surface area (Å²) in [5.41, 5.74) is 0.946. The summed E-state index contributed by atoms with van der Waals surface area (Å²) in [6.07, 6.45) is 1.96. The van der Waals surface area contributed by atoms with Crippen molar-refractivity contribution in [3.63, 3.8) is 0 Å². The fourth-order valence-corrected chi connectivity index (χ4v) is 4.52. The van der Waals surface area contributed by atoms with Crippen LogP contribution in [-0.4, -0.2) is 33.6 Å². The molecule has 4 rings (SSSR count). The topological polar surface area (TPSA) is 92.6 Å². The minimum atomic E-state index is -0.892. The Labute approximate surface area is 200 Å². The van der Waals surface area contributed by atoms with Gasteiger partial charge in [-0.2, -0.15) is 0 Å². The number of anilines is 1. The number of ketones is 1. The van der Waals surface area contributed by atoms with Gasteiger partial charge < -0.3 is 9.84 Å². The third-order valence-electron chi connectivity index (χ3n) is 5.22. The molecule has 170 valence electrons. The van der Waals surface area contributed by atoms with Crippen LogP contribution < -0.4 is 9.64 Å². The van der Waals surface area contributed by atoms with Crippen molar-refractivity contribution in [2.45, 2.75) is 32.7 Å². The molecule has 0 radical (unpaired) electrons. The van der Waals surface area contributed by atoms with Crippen LogP contribution in [0.2, 0.25) is 5.02 Å². The summed E-state index contributed by atoms with van der Waals surface area (Å²) in [7, 11) is 0. The van der Waals surface area contributed by atoms with E-state index in [1.807, 2.05) is 0 Å². The van der Waals surface area contributed by atoms with Crippen molar-refractivity contribution in [3.8, 4) is 5.75 Å². The van der Waals surface area contributed by atoms with Crippen molar-refractivity contribution in [2.24, 2.45) is 0 Å². The van der Waals surface area contributed by atoms with Gasteiger partial charge in [-0.1, -0.05) is 48.4 Å². The number of amides is 1. The van der Waals surface area contributed by atoms with Gasteiger partial charge in [-0.15, -0.1) is 10.2 Å². The van der Waals surface area contributed by atoms with Crippen molar-refractivity contribution >= 4 is 45.5 Å². The van der Waals surface area contributed by atoms with Gasteiger partial charge in [0.25, 0.3) is 5.78 Å². The number of aliphatic hydroxyl groups excluding tert-OH is 1. The van der Waals surface area contributed by atoms with Gasteiger partial charge in [-0.25, -0.2) is 0 Å². The van der Waals surface area contributed by atoms with Crippen molar-refractivity contribution in [3.05, 3.63) is 75.3 Å². The van der Waals surface area contributed by atoms with Crippen LogP contribution in [0.5, 0.6) is 5.75 Å². The highest BCUT2D eigenvalue weighted by molar-refractivity contribution is 7.15. The van der Waals surface area contributed by atoms with Gasteiger partial charge in [-0.3, -0.25) is 14.5 Å². The molecule has 1 atom stereocenters. The maximum atomic E-state index is 13.1. The number of carbonyl (C=O) groups excluding carboxylic acids is 2. The zero-order valence-electron chi connectivity index (χ0n) is 18.1. The van der Waals surface area contributed by atoms with Crippen LogP contribution >= 0.6 is 22.9 Å². The van der Waals surface area contributed by atoms with Crippen molar-refractivity contribution in [1.82, 2.24) is 10.2 Å². The number of rotatable bonds is 7. The summed E-state index contributed by atoms with van der Waals surface area (Å²) in [6.45, 7) is 4.44. The number of aromatic nitrogens is 2. The van der Waals surface area contributed by atoms with Gasteiger partial charge in [0.1, 0.15) is 16.5 Å². The van der Waals surface area contributed by atoms with Crippen LogP contribution in [0.4, 0.5) is 5.13 Å². The lowest BCUT2D eigenvalue weighted by Crippen LogP contribution is -2.29. The van der Waals surface area contributed by atoms with Crippen LogP contribution in [0.1, 0.15) is 41.9 Å².